The third kappa shape index (κ3) is 3.66. The Morgan fingerprint density at radius 2 is 2.14 bits per heavy atom. The molecule has 2 aromatic heterocycles. The number of aromatic nitrogens is 3. The summed E-state index contributed by atoms with van der Waals surface area (Å²) >= 11 is 0. The zero-order chi connectivity index (χ0) is 15.5. The van der Waals surface area contributed by atoms with Crippen molar-refractivity contribution in [3.8, 4) is 5.82 Å². The number of hydrogen-bond acceptors (Lipinski definition) is 5. The van der Waals surface area contributed by atoms with Crippen LogP contribution < -0.4 is 5.32 Å². The van der Waals surface area contributed by atoms with Gasteiger partial charge in [-0.15, -0.1) is 0 Å². The van der Waals surface area contributed by atoms with Gasteiger partial charge in [0.1, 0.15) is 5.25 Å². The lowest BCUT2D eigenvalue weighted by molar-refractivity contribution is -0.120. The van der Waals surface area contributed by atoms with Gasteiger partial charge in [0.15, 0.2) is 15.7 Å². The monoisotopic (exact) mass is 308 g/mol. The third-order valence-electron chi connectivity index (χ3n) is 3.05. The molecule has 0 unspecified atom stereocenters. The van der Waals surface area contributed by atoms with Crippen molar-refractivity contribution in [2.24, 2.45) is 0 Å². The van der Waals surface area contributed by atoms with Crippen LogP contribution in [0.25, 0.3) is 5.82 Å². The zero-order valence-corrected chi connectivity index (χ0v) is 12.5. The lowest BCUT2D eigenvalue weighted by atomic mass is 10.2. The van der Waals surface area contributed by atoms with Gasteiger partial charge in [-0.3, -0.25) is 4.79 Å². The van der Waals surface area contributed by atoms with E-state index >= 15 is 0 Å². The molecule has 0 spiro atoms. The number of amides is 1. The molecule has 1 N–H and O–H groups in total. The van der Waals surface area contributed by atoms with E-state index in [0.717, 1.165) is 11.8 Å². The molecule has 8 heteroatoms. The summed E-state index contributed by atoms with van der Waals surface area (Å²) in [7, 11) is -3.40. The maximum atomic E-state index is 11.8. The summed E-state index contributed by atoms with van der Waals surface area (Å²) in [6.45, 7) is 1.55. The number of carbonyl (C=O) groups is 1. The number of sulfone groups is 1. The molecule has 21 heavy (non-hydrogen) atoms. The second-order valence-corrected chi connectivity index (χ2v) is 6.99. The SMILES string of the molecule is C[C@H](C(=O)NCc1cccnc1-n1cccn1)S(C)(=O)=O. The summed E-state index contributed by atoms with van der Waals surface area (Å²) in [4.78, 5) is 16.1. The van der Waals surface area contributed by atoms with Crippen LogP contribution in [0.4, 0.5) is 0 Å². The Balaban J connectivity index is 2.13. The molecule has 112 valence electrons. The fourth-order valence-corrected chi connectivity index (χ4v) is 2.16. The number of rotatable bonds is 5. The Morgan fingerprint density at radius 3 is 2.76 bits per heavy atom. The first kappa shape index (κ1) is 15.2. The summed E-state index contributed by atoms with van der Waals surface area (Å²) < 4.78 is 24.3. The summed E-state index contributed by atoms with van der Waals surface area (Å²) in [5, 5.41) is 5.62. The van der Waals surface area contributed by atoms with E-state index in [0.29, 0.717) is 5.82 Å². The van der Waals surface area contributed by atoms with Crippen molar-refractivity contribution < 1.29 is 13.2 Å². The predicted molar refractivity (Wildman–Crippen MR) is 77.5 cm³/mol. The standard InChI is InChI=1S/C13H16N4O3S/c1-10(21(2,19)20)13(18)15-9-11-5-3-6-14-12(11)17-8-4-7-16-17/h3-8,10H,9H2,1-2H3,(H,15,18)/t10-/m1/s1. The van der Waals surface area contributed by atoms with Gasteiger partial charge >= 0.3 is 0 Å². The average Bonchev–Trinajstić information content (AvgIpc) is 2.97. The van der Waals surface area contributed by atoms with Crippen LogP contribution in [0, 0.1) is 0 Å². The third-order valence-corrected chi connectivity index (χ3v) is 4.55. The van der Waals surface area contributed by atoms with Gasteiger partial charge in [-0.05, 0) is 19.1 Å². The molecule has 0 aliphatic carbocycles. The van der Waals surface area contributed by atoms with E-state index in [-0.39, 0.29) is 6.54 Å². The number of carbonyl (C=O) groups excluding carboxylic acids is 1. The molecule has 7 nitrogen and oxygen atoms in total. The van der Waals surface area contributed by atoms with Crippen LogP contribution in [-0.4, -0.2) is 40.6 Å². The second kappa shape index (κ2) is 6.04. The van der Waals surface area contributed by atoms with E-state index in [1.807, 2.05) is 0 Å². The first-order chi connectivity index (χ1) is 9.89. The first-order valence-electron chi connectivity index (χ1n) is 6.30. The van der Waals surface area contributed by atoms with Crippen LogP contribution in [-0.2, 0) is 21.2 Å². The van der Waals surface area contributed by atoms with Crippen LogP contribution in [0.2, 0.25) is 0 Å². The van der Waals surface area contributed by atoms with E-state index < -0.39 is 21.0 Å². The van der Waals surface area contributed by atoms with E-state index in [1.165, 1.54) is 6.92 Å². The Bertz CT molecular complexity index is 726. The van der Waals surface area contributed by atoms with Crippen molar-refractivity contribution in [2.45, 2.75) is 18.7 Å². The van der Waals surface area contributed by atoms with E-state index in [1.54, 1.807) is 41.5 Å². The molecular formula is C13H16N4O3S. The van der Waals surface area contributed by atoms with E-state index in [2.05, 4.69) is 15.4 Å². The van der Waals surface area contributed by atoms with Crippen molar-refractivity contribution in [1.82, 2.24) is 20.1 Å². The van der Waals surface area contributed by atoms with Gasteiger partial charge in [0, 0.05) is 37.0 Å². The summed E-state index contributed by atoms with van der Waals surface area (Å²) in [6.07, 6.45) is 6.04. The average molecular weight is 308 g/mol. The van der Waals surface area contributed by atoms with Gasteiger partial charge in [-0.1, -0.05) is 6.07 Å². The van der Waals surface area contributed by atoms with Crippen molar-refractivity contribution >= 4 is 15.7 Å². The minimum Gasteiger partial charge on any atom is -0.351 e. The molecule has 0 radical (unpaired) electrons. The largest absolute Gasteiger partial charge is 0.351 e. The smallest absolute Gasteiger partial charge is 0.238 e. The molecule has 0 bridgehead atoms. The van der Waals surface area contributed by atoms with Crippen molar-refractivity contribution in [1.29, 1.82) is 0 Å². The van der Waals surface area contributed by atoms with E-state index in [4.69, 9.17) is 0 Å². The lowest BCUT2D eigenvalue weighted by Crippen LogP contribution is -2.37. The number of nitrogens with one attached hydrogen (secondary N) is 1. The van der Waals surface area contributed by atoms with Gasteiger partial charge in [0.05, 0.1) is 0 Å². The van der Waals surface area contributed by atoms with Gasteiger partial charge in [-0.2, -0.15) is 5.10 Å². The van der Waals surface area contributed by atoms with Crippen LogP contribution in [0.1, 0.15) is 12.5 Å². The van der Waals surface area contributed by atoms with Crippen LogP contribution in [0.5, 0.6) is 0 Å². The van der Waals surface area contributed by atoms with Gasteiger partial charge in [0.25, 0.3) is 0 Å². The Hall–Kier alpha value is -2.22. The second-order valence-electron chi connectivity index (χ2n) is 4.63. The van der Waals surface area contributed by atoms with Crippen molar-refractivity contribution in [2.75, 3.05) is 6.26 Å². The molecule has 0 fully saturated rings. The maximum absolute atomic E-state index is 11.8. The molecule has 1 amide bonds. The summed E-state index contributed by atoms with van der Waals surface area (Å²) in [6, 6.07) is 5.31. The summed E-state index contributed by atoms with van der Waals surface area (Å²) in [5.41, 5.74) is 0.746. The molecule has 1 atom stereocenters. The Labute approximate surface area is 122 Å². The van der Waals surface area contributed by atoms with Gasteiger partial charge < -0.3 is 5.32 Å². The minimum absolute atomic E-state index is 0.182. The van der Waals surface area contributed by atoms with Crippen LogP contribution >= 0.6 is 0 Å². The molecular weight excluding hydrogens is 292 g/mol. The highest BCUT2D eigenvalue weighted by Crippen LogP contribution is 2.10. The molecule has 0 aliphatic rings. The minimum atomic E-state index is -3.40. The fourth-order valence-electron chi connectivity index (χ4n) is 1.69. The quantitative estimate of drug-likeness (QED) is 0.858. The molecule has 2 rings (SSSR count). The predicted octanol–water partition coefficient (Wildman–Crippen LogP) is 0.317. The van der Waals surface area contributed by atoms with Gasteiger partial charge in [0.2, 0.25) is 5.91 Å². The molecule has 0 saturated carbocycles. The normalized spacial score (nSPS) is 12.9. The highest BCUT2D eigenvalue weighted by Gasteiger charge is 2.23. The number of hydrogen-bond donors (Lipinski definition) is 1. The highest BCUT2D eigenvalue weighted by atomic mass is 32.2. The molecule has 0 aromatic carbocycles. The molecule has 0 saturated heterocycles. The summed E-state index contributed by atoms with van der Waals surface area (Å²) in [5.74, 6) is 0.0579. The first-order valence-corrected chi connectivity index (χ1v) is 8.25. The van der Waals surface area contributed by atoms with Crippen molar-refractivity contribution in [3.63, 3.8) is 0 Å². The van der Waals surface area contributed by atoms with Crippen molar-refractivity contribution in [3.05, 3.63) is 42.4 Å². The topological polar surface area (TPSA) is 93.9 Å². The molecule has 0 aliphatic heterocycles. The Morgan fingerprint density at radius 1 is 1.38 bits per heavy atom. The fraction of sp³-hybridized carbons (Fsp3) is 0.308. The molecule has 2 heterocycles. The number of pyridine rings is 1. The maximum Gasteiger partial charge on any atom is 0.238 e. The van der Waals surface area contributed by atoms with Crippen LogP contribution in [0.15, 0.2) is 36.8 Å². The van der Waals surface area contributed by atoms with Gasteiger partial charge in [-0.25, -0.2) is 18.1 Å². The van der Waals surface area contributed by atoms with Crippen LogP contribution in [0.3, 0.4) is 0 Å². The number of nitrogens with zero attached hydrogens (tertiary/aromatic N) is 3. The van der Waals surface area contributed by atoms with E-state index in [9.17, 15) is 13.2 Å². The Kier molecular flexibility index (Phi) is 4.37. The lowest BCUT2D eigenvalue weighted by Gasteiger charge is -2.12. The molecule has 2 aromatic rings. The zero-order valence-electron chi connectivity index (χ0n) is 11.7. The highest BCUT2D eigenvalue weighted by molar-refractivity contribution is 7.92.